The van der Waals surface area contributed by atoms with Crippen LogP contribution in [0.15, 0.2) is 18.5 Å². The average Bonchev–Trinajstić information content (AvgIpc) is 2.52. The predicted octanol–water partition coefficient (Wildman–Crippen LogP) is 3.65. The van der Waals surface area contributed by atoms with E-state index in [1.165, 1.54) is 6.42 Å². The van der Waals surface area contributed by atoms with Crippen molar-refractivity contribution in [3.63, 3.8) is 0 Å². The Bertz CT molecular complexity index is 428. The van der Waals surface area contributed by atoms with E-state index >= 15 is 0 Å². The van der Waals surface area contributed by atoms with Gasteiger partial charge in [-0.05, 0) is 44.1 Å². The largest absolute Gasteiger partial charge is 0.388 e. The van der Waals surface area contributed by atoms with E-state index in [-0.39, 0.29) is 0 Å². The minimum atomic E-state index is -0.557. The van der Waals surface area contributed by atoms with Crippen LogP contribution in [0, 0.1) is 5.92 Å². The third-order valence-corrected chi connectivity index (χ3v) is 4.55. The molecule has 21 heavy (non-hydrogen) atoms. The van der Waals surface area contributed by atoms with Crippen molar-refractivity contribution in [1.82, 2.24) is 4.98 Å². The Morgan fingerprint density at radius 1 is 1.19 bits per heavy atom. The van der Waals surface area contributed by atoms with E-state index in [0.717, 1.165) is 55.9 Å². The normalized spacial score (nSPS) is 25.6. The second-order valence-corrected chi connectivity index (χ2v) is 6.32. The molecule has 0 bridgehead atoms. The summed E-state index contributed by atoms with van der Waals surface area (Å²) in [5.41, 5.74) is 1.45. The highest BCUT2D eigenvalue weighted by Crippen LogP contribution is 2.33. The highest BCUT2D eigenvalue weighted by atomic mass is 16.3. The Kier molecular flexibility index (Phi) is 5.85. The summed E-state index contributed by atoms with van der Waals surface area (Å²) in [6.45, 7) is 5.95. The molecule has 1 saturated carbocycles. The van der Waals surface area contributed by atoms with Gasteiger partial charge < -0.3 is 15.7 Å². The van der Waals surface area contributed by atoms with Crippen LogP contribution in [0.25, 0.3) is 0 Å². The van der Waals surface area contributed by atoms with Crippen LogP contribution in [0.3, 0.4) is 0 Å². The fourth-order valence-corrected chi connectivity index (χ4v) is 2.97. The minimum Gasteiger partial charge on any atom is -0.388 e. The molecule has 0 aliphatic heterocycles. The van der Waals surface area contributed by atoms with Crippen LogP contribution in [0.2, 0.25) is 0 Å². The zero-order valence-electron chi connectivity index (χ0n) is 13.4. The van der Waals surface area contributed by atoms with Crippen molar-refractivity contribution < 1.29 is 5.11 Å². The lowest BCUT2D eigenvalue weighted by atomic mass is 9.78. The van der Waals surface area contributed by atoms with Crippen molar-refractivity contribution in [2.24, 2.45) is 5.92 Å². The van der Waals surface area contributed by atoms with Crippen LogP contribution in [0.5, 0.6) is 0 Å². The second kappa shape index (κ2) is 7.64. The molecule has 0 amide bonds. The first-order chi connectivity index (χ1) is 10.1. The molecule has 118 valence electrons. The molecule has 1 aromatic heterocycles. The SMILES string of the molecule is CCCNc1cncc(NCC2(O)CCC(CC)CC2)c1. The van der Waals surface area contributed by atoms with Gasteiger partial charge in [-0.15, -0.1) is 0 Å². The maximum Gasteiger partial charge on any atom is 0.0819 e. The van der Waals surface area contributed by atoms with E-state index < -0.39 is 5.60 Å². The first-order valence-corrected chi connectivity index (χ1v) is 8.30. The van der Waals surface area contributed by atoms with Crippen LogP contribution in [-0.4, -0.2) is 28.8 Å². The number of anilines is 2. The Morgan fingerprint density at radius 3 is 2.48 bits per heavy atom. The maximum atomic E-state index is 10.7. The lowest BCUT2D eigenvalue weighted by Gasteiger charge is -2.36. The molecule has 0 saturated heterocycles. The van der Waals surface area contributed by atoms with E-state index in [0.29, 0.717) is 6.54 Å². The molecule has 1 aromatic rings. The van der Waals surface area contributed by atoms with Crippen molar-refractivity contribution >= 4 is 11.4 Å². The third-order valence-electron chi connectivity index (χ3n) is 4.55. The second-order valence-electron chi connectivity index (χ2n) is 6.32. The Labute approximate surface area is 128 Å². The number of nitrogens with one attached hydrogen (secondary N) is 2. The first-order valence-electron chi connectivity index (χ1n) is 8.30. The Hall–Kier alpha value is -1.29. The molecule has 1 heterocycles. The van der Waals surface area contributed by atoms with Gasteiger partial charge in [-0.25, -0.2) is 0 Å². The van der Waals surface area contributed by atoms with E-state index in [2.05, 4.69) is 35.5 Å². The van der Waals surface area contributed by atoms with Crippen molar-refractivity contribution in [1.29, 1.82) is 0 Å². The maximum absolute atomic E-state index is 10.7. The van der Waals surface area contributed by atoms with Crippen molar-refractivity contribution in [2.75, 3.05) is 23.7 Å². The van der Waals surface area contributed by atoms with Crippen LogP contribution >= 0.6 is 0 Å². The predicted molar refractivity (Wildman–Crippen MR) is 88.7 cm³/mol. The molecule has 0 unspecified atom stereocenters. The van der Waals surface area contributed by atoms with Crippen LogP contribution in [0.4, 0.5) is 11.4 Å². The van der Waals surface area contributed by atoms with Gasteiger partial charge in [0.05, 0.1) is 29.4 Å². The molecule has 1 fully saturated rings. The number of hydrogen-bond donors (Lipinski definition) is 3. The summed E-state index contributed by atoms with van der Waals surface area (Å²) >= 11 is 0. The van der Waals surface area contributed by atoms with Gasteiger partial charge in [0, 0.05) is 13.1 Å². The fraction of sp³-hybridized carbons (Fsp3) is 0.706. The standard InChI is InChI=1S/C17H29N3O/c1-3-9-19-15-10-16(12-18-11-15)20-13-17(21)7-5-14(4-2)6-8-17/h10-12,14,19-21H,3-9,13H2,1-2H3. The van der Waals surface area contributed by atoms with E-state index in [9.17, 15) is 5.11 Å². The topological polar surface area (TPSA) is 57.2 Å². The molecule has 0 aromatic carbocycles. The molecule has 0 atom stereocenters. The van der Waals surface area contributed by atoms with E-state index in [4.69, 9.17) is 0 Å². The summed E-state index contributed by atoms with van der Waals surface area (Å²) in [6.07, 6.45) is 10.1. The lowest BCUT2D eigenvalue weighted by molar-refractivity contribution is 0.00229. The number of hydrogen-bond acceptors (Lipinski definition) is 4. The summed E-state index contributed by atoms with van der Waals surface area (Å²) in [4.78, 5) is 4.24. The molecule has 0 spiro atoms. The van der Waals surface area contributed by atoms with Gasteiger partial charge in [0.25, 0.3) is 0 Å². The van der Waals surface area contributed by atoms with Gasteiger partial charge in [0.15, 0.2) is 0 Å². The third kappa shape index (κ3) is 4.88. The van der Waals surface area contributed by atoms with Crippen molar-refractivity contribution in [3.8, 4) is 0 Å². The van der Waals surface area contributed by atoms with Gasteiger partial charge in [-0.2, -0.15) is 0 Å². The number of pyridine rings is 1. The summed E-state index contributed by atoms with van der Waals surface area (Å²) in [5.74, 6) is 0.800. The van der Waals surface area contributed by atoms with Gasteiger partial charge in [0.2, 0.25) is 0 Å². The molecule has 0 radical (unpaired) electrons. The van der Waals surface area contributed by atoms with Gasteiger partial charge >= 0.3 is 0 Å². The molecule has 2 rings (SSSR count). The molecule has 1 aliphatic carbocycles. The zero-order valence-corrected chi connectivity index (χ0v) is 13.4. The number of aromatic nitrogens is 1. The molecule has 4 heteroatoms. The minimum absolute atomic E-state index is 0.557. The van der Waals surface area contributed by atoms with E-state index in [1.807, 2.05) is 12.4 Å². The first kappa shape index (κ1) is 16.1. The smallest absolute Gasteiger partial charge is 0.0819 e. The van der Waals surface area contributed by atoms with Crippen LogP contribution in [-0.2, 0) is 0 Å². The van der Waals surface area contributed by atoms with Gasteiger partial charge in [-0.1, -0.05) is 20.3 Å². The van der Waals surface area contributed by atoms with Crippen molar-refractivity contribution in [3.05, 3.63) is 18.5 Å². The van der Waals surface area contributed by atoms with Crippen LogP contribution in [0.1, 0.15) is 52.4 Å². The molecular weight excluding hydrogens is 262 g/mol. The molecule has 1 aliphatic rings. The number of rotatable bonds is 7. The summed E-state index contributed by atoms with van der Waals surface area (Å²) in [6, 6.07) is 2.06. The molecular formula is C17H29N3O. The number of nitrogens with zero attached hydrogens (tertiary/aromatic N) is 1. The summed E-state index contributed by atoms with van der Waals surface area (Å²) in [5, 5.41) is 17.3. The Balaban J connectivity index is 1.85. The van der Waals surface area contributed by atoms with Gasteiger partial charge in [-0.3, -0.25) is 4.98 Å². The lowest BCUT2D eigenvalue weighted by Crippen LogP contribution is -2.40. The Morgan fingerprint density at radius 2 is 1.86 bits per heavy atom. The van der Waals surface area contributed by atoms with Crippen molar-refractivity contribution in [2.45, 2.75) is 58.0 Å². The van der Waals surface area contributed by atoms with Gasteiger partial charge in [0.1, 0.15) is 0 Å². The fourth-order valence-electron chi connectivity index (χ4n) is 2.97. The zero-order chi connectivity index (χ0) is 15.1. The highest BCUT2D eigenvalue weighted by Gasteiger charge is 2.32. The summed E-state index contributed by atoms with van der Waals surface area (Å²) < 4.78 is 0. The number of aliphatic hydroxyl groups is 1. The molecule has 4 nitrogen and oxygen atoms in total. The quantitative estimate of drug-likeness (QED) is 0.718. The average molecular weight is 291 g/mol. The molecule has 3 N–H and O–H groups in total. The summed E-state index contributed by atoms with van der Waals surface area (Å²) in [7, 11) is 0. The monoisotopic (exact) mass is 291 g/mol. The van der Waals surface area contributed by atoms with E-state index in [1.54, 1.807) is 0 Å². The highest BCUT2D eigenvalue weighted by molar-refractivity contribution is 5.54. The van der Waals surface area contributed by atoms with Crippen LogP contribution < -0.4 is 10.6 Å².